The van der Waals surface area contributed by atoms with Gasteiger partial charge >= 0.3 is 6.03 Å². The molecule has 1 aromatic carbocycles. The van der Waals surface area contributed by atoms with Crippen LogP contribution in [0.1, 0.15) is 105 Å². The fourth-order valence-corrected chi connectivity index (χ4v) is 10.4. The van der Waals surface area contributed by atoms with E-state index in [0.29, 0.717) is 24.9 Å². The smallest absolute Gasteiger partial charge is 0.315 e. The molecule has 0 aromatic heterocycles. The number of fused-ring (bicyclic) bond motifs is 2. The lowest BCUT2D eigenvalue weighted by molar-refractivity contribution is -0.144. The van der Waals surface area contributed by atoms with Crippen LogP contribution in [0, 0.1) is 28.6 Å². The largest absolute Gasteiger partial charge is 0.350 e. The van der Waals surface area contributed by atoms with Gasteiger partial charge in [0.25, 0.3) is 5.91 Å². The number of hydrogen-bond acceptors (Lipinski definition) is 7. The summed E-state index contributed by atoms with van der Waals surface area (Å²) >= 11 is 0. The monoisotopic (exact) mass is 756 g/mol. The van der Waals surface area contributed by atoms with Crippen LogP contribution in [0.15, 0.2) is 29.2 Å². The third-order valence-corrected chi connectivity index (χ3v) is 14.1. The van der Waals surface area contributed by atoms with Gasteiger partial charge in [0.2, 0.25) is 27.6 Å². The molecule has 4 aliphatic rings. The number of carbonyl (C=O) groups excluding carboxylic acids is 5. The van der Waals surface area contributed by atoms with E-state index in [1.54, 1.807) is 30.0 Å². The molecule has 13 nitrogen and oxygen atoms in total. The van der Waals surface area contributed by atoms with Gasteiger partial charge in [-0.15, -0.1) is 0 Å². The number of ketones is 1. The number of urea groups is 1. The number of benzene rings is 1. The van der Waals surface area contributed by atoms with Crippen LogP contribution in [0.3, 0.4) is 0 Å². The van der Waals surface area contributed by atoms with Crippen LogP contribution < -0.4 is 21.3 Å². The number of unbranched alkanes of at least 4 members (excludes halogenated alkanes) is 1. The normalized spacial score (nSPS) is 25.0. The summed E-state index contributed by atoms with van der Waals surface area (Å²) in [7, 11) is -3.74. The highest BCUT2D eigenvalue weighted by molar-refractivity contribution is 7.89. The summed E-state index contributed by atoms with van der Waals surface area (Å²) in [6.45, 7) is 14.5. The van der Waals surface area contributed by atoms with Gasteiger partial charge in [0.1, 0.15) is 12.1 Å². The number of piperidine rings is 1. The quantitative estimate of drug-likeness (QED) is 0.210. The summed E-state index contributed by atoms with van der Waals surface area (Å²) < 4.78 is 28.2. The van der Waals surface area contributed by atoms with Gasteiger partial charge in [-0.2, -0.15) is 4.31 Å². The predicted octanol–water partition coefficient (Wildman–Crippen LogP) is 3.72. The highest BCUT2D eigenvalue weighted by Crippen LogP contribution is 2.65. The Bertz CT molecular complexity index is 1670. The van der Waals surface area contributed by atoms with Gasteiger partial charge in [-0.3, -0.25) is 19.2 Å². The van der Waals surface area contributed by atoms with Gasteiger partial charge in [0, 0.05) is 32.2 Å². The number of nitrogens with one attached hydrogen (secondary N) is 4. The number of likely N-dealkylation sites (N-methyl/N-ethyl adjacent to an activating group) is 1. The van der Waals surface area contributed by atoms with E-state index in [1.807, 2.05) is 33.8 Å². The third-order valence-electron chi connectivity index (χ3n) is 12.1. The topological polar surface area (TPSA) is 174 Å². The van der Waals surface area contributed by atoms with Crippen molar-refractivity contribution in [3.63, 3.8) is 0 Å². The zero-order chi connectivity index (χ0) is 38.9. The standard InChI is InChI=1S/C39H60N6O7S/c1-8-10-19-27(33(46)35(48)40-9-2)41-34(47)32-30-26(39(30,6)7)22-45(32)36(49)31(24-16-12-11-13-17-24)43-37(50)42-29(38(3,4)5)23-44-21-25-18-14-15-20-28(25)53(44,51)52/h14-15,18,20,24,26-27,29-32H,8-13,16-17,19,21-23H2,1-7H3,(H,40,48)(H,41,47)(H2,42,43,50)/t26-,27?,29+,30?,31-,32-/m0/s1. The molecule has 4 N–H and O–H groups in total. The van der Waals surface area contributed by atoms with E-state index in [-0.39, 0.29) is 53.6 Å². The lowest BCUT2D eigenvalue weighted by atomic mass is 9.83. The third kappa shape index (κ3) is 8.58. The summed E-state index contributed by atoms with van der Waals surface area (Å²) in [5, 5.41) is 11.4. The minimum Gasteiger partial charge on any atom is -0.350 e. The van der Waals surface area contributed by atoms with Crippen molar-refractivity contribution in [2.24, 2.45) is 28.6 Å². The average Bonchev–Trinajstić information content (AvgIpc) is 3.37. The van der Waals surface area contributed by atoms with E-state index < -0.39 is 63.2 Å². The first-order chi connectivity index (χ1) is 24.9. The molecule has 2 heterocycles. The first kappa shape index (κ1) is 40.7. The van der Waals surface area contributed by atoms with Gasteiger partial charge < -0.3 is 26.2 Å². The molecular formula is C39H60N6O7S. The fourth-order valence-electron chi connectivity index (χ4n) is 8.72. The van der Waals surface area contributed by atoms with E-state index in [9.17, 15) is 32.4 Å². The first-order valence-corrected chi connectivity index (χ1v) is 20.9. The summed E-state index contributed by atoms with van der Waals surface area (Å²) in [6.07, 6.45) is 6.07. The van der Waals surface area contributed by atoms with Gasteiger partial charge in [-0.05, 0) is 66.4 Å². The number of rotatable bonds is 14. The second-order valence-corrected chi connectivity index (χ2v) is 19.0. The highest BCUT2D eigenvalue weighted by Gasteiger charge is 2.69. The lowest BCUT2D eigenvalue weighted by Gasteiger charge is -2.38. The van der Waals surface area contributed by atoms with Crippen molar-refractivity contribution < 1.29 is 32.4 Å². The Labute approximate surface area is 315 Å². The SMILES string of the molecule is CCCCC(NC(=O)[C@@H]1C2[C@H](CN1C(=O)[C@@H](NC(=O)N[C@H](CN1Cc3ccccc3S1(=O)=O)C(C)(C)C)C1CCCCC1)C2(C)C)C(=O)C(=O)NCC. The molecule has 2 aliphatic heterocycles. The fraction of sp³-hybridized carbons (Fsp3) is 0.718. The van der Waals surface area contributed by atoms with Crippen LogP contribution >= 0.6 is 0 Å². The molecule has 5 amide bonds. The van der Waals surface area contributed by atoms with E-state index in [4.69, 9.17) is 0 Å². The van der Waals surface area contributed by atoms with E-state index in [0.717, 1.165) is 38.5 Å². The molecule has 0 bridgehead atoms. The number of carbonyl (C=O) groups is 5. The van der Waals surface area contributed by atoms with Crippen molar-refractivity contribution in [1.82, 2.24) is 30.5 Å². The zero-order valence-corrected chi connectivity index (χ0v) is 33.3. The van der Waals surface area contributed by atoms with Crippen LogP contribution in [0.2, 0.25) is 0 Å². The van der Waals surface area contributed by atoms with E-state index in [2.05, 4.69) is 35.1 Å². The maximum atomic E-state index is 14.7. The van der Waals surface area contributed by atoms with Crippen molar-refractivity contribution in [1.29, 1.82) is 0 Å². The minimum atomic E-state index is -3.74. The zero-order valence-electron chi connectivity index (χ0n) is 32.5. The Balaban J connectivity index is 1.35. The number of Topliss-reactive ketones (excluding diaryl/α,β-unsaturated/α-hetero) is 1. The molecule has 3 fully saturated rings. The Kier molecular flexibility index (Phi) is 12.3. The van der Waals surface area contributed by atoms with Crippen LogP contribution in [-0.4, -0.2) is 91.0 Å². The molecule has 6 atom stereocenters. The number of nitrogens with zero attached hydrogens (tertiary/aromatic N) is 2. The molecule has 1 saturated heterocycles. The van der Waals surface area contributed by atoms with Crippen LogP contribution in [-0.2, 0) is 35.7 Å². The maximum absolute atomic E-state index is 14.7. The number of hydrogen-bond donors (Lipinski definition) is 4. The molecule has 53 heavy (non-hydrogen) atoms. The average molecular weight is 757 g/mol. The molecule has 14 heteroatoms. The second-order valence-electron chi connectivity index (χ2n) is 17.1. The molecule has 5 rings (SSSR count). The summed E-state index contributed by atoms with van der Waals surface area (Å²) in [5.41, 5.74) is -0.0122. The van der Waals surface area contributed by atoms with Gasteiger partial charge in [-0.1, -0.05) is 91.8 Å². The molecule has 2 unspecified atom stereocenters. The Morgan fingerprint density at radius 2 is 1.64 bits per heavy atom. The van der Waals surface area contributed by atoms with Crippen LogP contribution in [0.4, 0.5) is 4.79 Å². The summed E-state index contributed by atoms with van der Waals surface area (Å²) in [5.74, 6) is -2.43. The Morgan fingerprint density at radius 1 is 0.962 bits per heavy atom. The predicted molar refractivity (Wildman–Crippen MR) is 201 cm³/mol. The first-order valence-electron chi connectivity index (χ1n) is 19.5. The Morgan fingerprint density at radius 3 is 2.26 bits per heavy atom. The number of likely N-dealkylation sites (tertiary alicyclic amines) is 1. The molecule has 0 radical (unpaired) electrons. The summed E-state index contributed by atoms with van der Waals surface area (Å²) in [4.78, 5) is 70.4. The van der Waals surface area contributed by atoms with E-state index >= 15 is 0 Å². The second kappa shape index (κ2) is 16.1. The molecular weight excluding hydrogens is 697 g/mol. The molecule has 2 saturated carbocycles. The number of sulfonamides is 1. The van der Waals surface area contributed by atoms with Crippen molar-refractivity contribution in [2.45, 2.75) is 135 Å². The van der Waals surface area contributed by atoms with Crippen molar-refractivity contribution in [3.8, 4) is 0 Å². The summed E-state index contributed by atoms with van der Waals surface area (Å²) in [6, 6.07) is 2.98. The van der Waals surface area contributed by atoms with Crippen molar-refractivity contribution in [2.75, 3.05) is 19.6 Å². The van der Waals surface area contributed by atoms with Gasteiger partial charge in [0.15, 0.2) is 0 Å². The number of amides is 5. The van der Waals surface area contributed by atoms with Crippen LogP contribution in [0.25, 0.3) is 0 Å². The molecule has 294 valence electrons. The maximum Gasteiger partial charge on any atom is 0.315 e. The highest BCUT2D eigenvalue weighted by atomic mass is 32.2. The molecule has 2 aliphatic carbocycles. The molecule has 0 spiro atoms. The van der Waals surface area contributed by atoms with E-state index in [1.165, 1.54) is 4.31 Å². The molecule has 1 aromatic rings. The Hall–Kier alpha value is -3.52. The van der Waals surface area contributed by atoms with Crippen LogP contribution in [0.5, 0.6) is 0 Å². The van der Waals surface area contributed by atoms with Gasteiger partial charge in [-0.25, -0.2) is 13.2 Å². The van der Waals surface area contributed by atoms with Gasteiger partial charge in [0.05, 0.1) is 10.9 Å². The lowest BCUT2D eigenvalue weighted by Crippen LogP contribution is -2.61. The van der Waals surface area contributed by atoms with Crippen molar-refractivity contribution in [3.05, 3.63) is 29.8 Å². The minimum absolute atomic E-state index is 0.0526. The van der Waals surface area contributed by atoms with Crippen molar-refractivity contribution >= 4 is 39.6 Å².